The molecule has 2 rings (SSSR count). The van der Waals surface area contributed by atoms with Crippen LogP contribution in [0.3, 0.4) is 0 Å². The molecule has 0 heterocycles. The van der Waals surface area contributed by atoms with E-state index in [-0.39, 0.29) is 16.1 Å². The Labute approximate surface area is 185 Å². The maximum Gasteiger partial charge on any atom is 0.418 e. The number of nitrogens with one attached hydrogen (secondary N) is 2. The van der Waals surface area contributed by atoms with E-state index in [4.69, 9.17) is 58.0 Å². The first-order valence-electron chi connectivity index (χ1n) is 7.98. The van der Waals surface area contributed by atoms with Gasteiger partial charge in [0.05, 0.1) is 11.5 Å². The molecule has 1 saturated carbocycles. The standard InChI is InChI=1S/C17H16Cl5F3N2O/c1-15(2)9(7-11(18)19)12(15)13(28)27-14(16(20,21)22)26-10-6-4-3-5-8(10)17(23,24)25/h3-7,9,12,14,26H,1-2H3,(H,27,28)/t9-,12-,14+/m1/s1. The quantitative estimate of drug-likeness (QED) is 0.358. The van der Waals surface area contributed by atoms with Gasteiger partial charge in [-0.2, -0.15) is 13.2 Å². The Morgan fingerprint density at radius 3 is 2.25 bits per heavy atom. The Balaban J connectivity index is 2.24. The number of allylic oxidation sites excluding steroid dienone is 1. The average Bonchev–Trinajstić information content (AvgIpc) is 3.04. The summed E-state index contributed by atoms with van der Waals surface area (Å²) in [7, 11) is 0. The predicted molar refractivity (Wildman–Crippen MR) is 108 cm³/mol. The van der Waals surface area contributed by atoms with Crippen LogP contribution < -0.4 is 10.6 Å². The van der Waals surface area contributed by atoms with E-state index in [0.717, 1.165) is 6.07 Å². The molecule has 2 N–H and O–H groups in total. The molecule has 1 amide bonds. The van der Waals surface area contributed by atoms with Crippen LogP contribution in [-0.4, -0.2) is 15.9 Å². The second kappa shape index (κ2) is 8.31. The van der Waals surface area contributed by atoms with Gasteiger partial charge in [0, 0.05) is 5.69 Å². The minimum absolute atomic E-state index is 0.0172. The van der Waals surface area contributed by atoms with Crippen LogP contribution in [0.4, 0.5) is 18.9 Å². The summed E-state index contributed by atoms with van der Waals surface area (Å²) in [5.41, 5.74) is -1.74. The number of rotatable bonds is 5. The van der Waals surface area contributed by atoms with Gasteiger partial charge in [0.2, 0.25) is 9.70 Å². The van der Waals surface area contributed by atoms with Gasteiger partial charge in [-0.1, -0.05) is 84.0 Å². The zero-order chi connectivity index (χ0) is 21.5. The van der Waals surface area contributed by atoms with Crippen molar-refractivity contribution in [1.29, 1.82) is 0 Å². The molecular formula is C17H16Cl5F3N2O. The minimum Gasteiger partial charge on any atom is -0.361 e. The van der Waals surface area contributed by atoms with Crippen molar-refractivity contribution in [2.45, 2.75) is 30.0 Å². The lowest BCUT2D eigenvalue weighted by Gasteiger charge is -2.29. The summed E-state index contributed by atoms with van der Waals surface area (Å²) >= 11 is 29.0. The maximum atomic E-state index is 13.2. The van der Waals surface area contributed by atoms with Gasteiger partial charge >= 0.3 is 6.18 Å². The number of amides is 1. The Hall–Kier alpha value is -0.530. The van der Waals surface area contributed by atoms with E-state index in [9.17, 15) is 18.0 Å². The molecule has 1 aliphatic rings. The monoisotopic (exact) mass is 496 g/mol. The fourth-order valence-electron chi connectivity index (χ4n) is 3.07. The van der Waals surface area contributed by atoms with Crippen LogP contribution in [-0.2, 0) is 11.0 Å². The molecule has 0 saturated heterocycles. The van der Waals surface area contributed by atoms with Crippen LogP contribution in [0.2, 0.25) is 0 Å². The fraction of sp³-hybridized carbons (Fsp3) is 0.471. The number of carbonyl (C=O) groups is 1. The number of para-hydroxylation sites is 1. The fourth-order valence-corrected chi connectivity index (χ4v) is 3.67. The second-order valence-electron chi connectivity index (χ2n) is 6.95. The highest BCUT2D eigenvalue weighted by Crippen LogP contribution is 2.59. The van der Waals surface area contributed by atoms with Crippen LogP contribution in [0.1, 0.15) is 19.4 Å². The molecule has 3 atom stereocenters. The van der Waals surface area contributed by atoms with E-state index >= 15 is 0 Å². The highest BCUT2D eigenvalue weighted by Gasteiger charge is 2.61. The summed E-state index contributed by atoms with van der Waals surface area (Å²) < 4.78 is 37.5. The van der Waals surface area contributed by atoms with Crippen molar-refractivity contribution < 1.29 is 18.0 Å². The van der Waals surface area contributed by atoms with Crippen molar-refractivity contribution in [3.05, 3.63) is 40.4 Å². The first-order chi connectivity index (χ1) is 12.7. The Kier molecular flexibility index (Phi) is 7.04. The summed E-state index contributed by atoms with van der Waals surface area (Å²) in [6.07, 6.45) is -4.51. The lowest BCUT2D eigenvalue weighted by Crippen LogP contribution is -2.50. The van der Waals surface area contributed by atoms with Gasteiger partial charge in [0.15, 0.2) is 0 Å². The molecular weight excluding hydrogens is 482 g/mol. The number of anilines is 1. The van der Waals surface area contributed by atoms with Crippen molar-refractivity contribution in [3.8, 4) is 0 Å². The van der Waals surface area contributed by atoms with E-state index in [2.05, 4.69) is 10.6 Å². The minimum atomic E-state index is -4.63. The largest absolute Gasteiger partial charge is 0.418 e. The molecule has 0 aromatic heterocycles. The third kappa shape index (κ3) is 5.54. The van der Waals surface area contributed by atoms with E-state index in [1.54, 1.807) is 0 Å². The molecule has 3 nitrogen and oxygen atoms in total. The van der Waals surface area contributed by atoms with E-state index in [1.807, 2.05) is 13.8 Å². The van der Waals surface area contributed by atoms with Crippen molar-refractivity contribution in [2.75, 3.05) is 5.32 Å². The second-order valence-corrected chi connectivity index (χ2v) is 10.3. The van der Waals surface area contributed by atoms with Gasteiger partial charge in [0.1, 0.15) is 10.7 Å². The predicted octanol–water partition coefficient (Wildman–Crippen LogP) is 6.52. The van der Waals surface area contributed by atoms with Gasteiger partial charge in [0.25, 0.3) is 0 Å². The number of benzene rings is 1. The number of halogens is 8. The van der Waals surface area contributed by atoms with Crippen LogP contribution in [0.25, 0.3) is 0 Å². The summed E-state index contributed by atoms with van der Waals surface area (Å²) in [6.45, 7) is 3.65. The van der Waals surface area contributed by atoms with Crippen molar-refractivity contribution in [3.63, 3.8) is 0 Å². The number of hydrogen-bond acceptors (Lipinski definition) is 2. The average molecular weight is 499 g/mol. The van der Waals surface area contributed by atoms with Crippen LogP contribution in [0.15, 0.2) is 34.8 Å². The lowest BCUT2D eigenvalue weighted by atomic mass is 10.1. The number of carbonyl (C=O) groups excluding carboxylic acids is 1. The van der Waals surface area contributed by atoms with Gasteiger partial charge < -0.3 is 10.6 Å². The smallest absolute Gasteiger partial charge is 0.361 e. The highest BCUT2D eigenvalue weighted by atomic mass is 35.6. The van der Waals surface area contributed by atoms with Crippen LogP contribution >= 0.6 is 58.0 Å². The molecule has 0 aliphatic heterocycles. The Bertz CT molecular complexity index is 773. The molecule has 11 heteroatoms. The van der Waals surface area contributed by atoms with Gasteiger partial charge in [-0.15, -0.1) is 0 Å². The molecule has 0 bridgehead atoms. The third-order valence-corrected chi connectivity index (χ3v) is 5.55. The van der Waals surface area contributed by atoms with E-state index in [0.29, 0.717) is 0 Å². The number of hydrogen-bond donors (Lipinski definition) is 2. The van der Waals surface area contributed by atoms with Gasteiger partial charge in [-0.25, -0.2) is 0 Å². The SMILES string of the molecule is CC1(C)[C@H](C=C(Cl)Cl)[C@@H]1C(=O)N[C@H](Nc1ccccc1C(F)(F)F)C(Cl)(Cl)Cl. The molecule has 0 unspecified atom stereocenters. The maximum absolute atomic E-state index is 13.2. The molecule has 156 valence electrons. The molecule has 1 aromatic carbocycles. The molecule has 28 heavy (non-hydrogen) atoms. The topological polar surface area (TPSA) is 41.1 Å². The van der Waals surface area contributed by atoms with Crippen molar-refractivity contribution in [1.82, 2.24) is 5.32 Å². The van der Waals surface area contributed by atoms with Crippen LogP contribution in [0, 0.1) is 17.3 Å². The van der Waals surface area contributed by atoms with E-state index in [1.165, 1.54) is 24.3 Å². The lowest BCUT2D eigenvalue weighted by molar-refractivity contribution is -0.137. The third-order valence-electron chi connectivity index (χ3n) is 4.64. The van der Waals surface area contributed by atoms with Gasteiger partial charge in [-0.05, 0) is 29.5 Å². The molecule has 1 fully saturated rings. The van der Waals surface area contributed by atoms with Crippen molar-refractivity contribution >= 4 is 69.6 Å². The molecule has 1 aromatic rings. The summed E-state index contributed by atoms with van der Waals surface area (Å²) in [4.78, 5) is 12.7. The van der Waals surface area contributed by atoms with Crippen molar-refractivity contribution in [2.24, 2.45) is 17.3 Å². The molecule has 0 radical (unpaired) electrons. The molecule has 1 aliphatic carbocycles. The first kappa shape index (κ1) is 23.7. The summed E-state index contributed by atoms with van der Waals surface area (Å²) in [6, 6.07) is 4.68. The first-order valence-corrected chi connectivity index (χ1v) is 9.87. The number of alkyl halides is 6. The highest BCUT2D eigenvalue weighted by molar-refractivity contribution is 6.68. The van der Waals surface area contributed by atoms with Crippen LogP contribution in [0.5, 0.6) is 0 Å². The summed E-state index contributed by atoms with van der Waals surface area (Å²) in [5.74, 6) is -1.29. The van der Waals surface area contributed by atoms with E-state index < -0.39 is 38.9 Å². The normalized spacial score (nSPS) is 22.2. The Morgan fingerprint density at radius 2 is 1.75 bits per heavy atom. The zero-order valence-electron chi connectivity index (χ0n) is 14.6. The Morgan fingerprint density at radius 1 is 1.18 bits per heavy atom. The zero-order valence-corrected chi connectivity index (χ0v) is 18.3. The van der Waals surface area contributed by atoms with Gasteiger partial charge in [-0.3, -0.25) is 4.79 Å². The molecule has 0 spiro atoms. The summed E-state index contributed by atoms with van der Waals surface area (Å²) in [5, 5.41) is 4.95.